The summed E-state index contributed by atoms with van der Waals surface area (Å²) in [5, 5.41) is 9.25. The molecule has 0 spiro atoms. The Morgan fingerprint density at radius 1 is 1.50 bits per heavy atom. The fourth-order valence-electron chi connectivity index (χ4n) is 1.15. The van der Waals surface area contributed by atoms with E-state index in [0.29, 0.717) is 5.69 Å². The first-order valence-corrected chi connectivity index (χ1v) is 4.04. The monoisotopic (exact) mass is 188 g/mol. The van der Waals surface area contributed by atoms with Gasteiger partial charge in [0.1, 0.15) is 0 Å². The highest BCUT2D eigenvalue weighted by atomic mass is 16.2. The molecule has 2 aromatic rings. The summed E-state index contributed by atoms with van der Waals surface area (Å²) in [7, 11) is 0. The number of nitrogens with one attached hydrogen (secondary N) is 1. The van der Waals surface area contributed by atoms with Crippen LogP contribution < -0.4 is 5.69 Å². The van der Waals surface area contributed by atoms with Gasteiger partial charge >= 0.3 is 5.69 Å². The summed E-state index contributed by atoms with van der Waals surface area (Å²) >= 11 is 0. The van der Waals surface area contributed by atoms with Crippen molar-refractivity contribution in [3.8, 4) is 5.69 Å². The lowest BCUT2D eigenvalue weighted by Gasteiger charge is -1.98. The van der Waals surface area contributed by atoms with Crippen LogP contribution in [0.25, 0.3) is 11.8 Å². The Morgan fingerprint density at radius 2 is 2.36 bits per heavy atom. The summed E-state index contributed by atoms with van der Waals surface area (Å²) in [6.07, 6.45) is 1.70. The molecule has 0 amide bonds. The van der Waals surface area contributed by atoms with Crippen LogP contribution in [0.1, 0.15) is 5.56 Å². The number of aromatic amines is 1. The van der Waals surface area contributed by atoms with Gasteiger partial charge in [0, 0.05) is 0 Å². The van der Waals surface area contributed by atoms with E-state index in [4.69, 9.17) is 0 Å². The predicted octanol–water partition coefficient (Wildman–Crippen LogP) is 0.599. The molecule has 0 atom stereocenters. The van der Waals surface area contributed by atoms with E-state index in [9.17, 15) is 4.79 Å². The van der Waals surface area contributed by atoms with Crippen LogP contribution in [0.4, 0.5) is 0 Å². The summed E-state index contributed by atoms with van der Waals surface area (Å²) in [6.45, 7) is 3.64. The molecule has 0 aliphatic heterocycles. The van der Waals surface area contributed by atoms with Crippen molar-refractivity contribution < 1.29 is 0 Å². The van der Waals surface area contributed by atoms with E-state index in [2.05, 4.69) is 22.1 Å². The highest BCUT2D eigenvalue weighted by Crippen LogP contribution is 2.07. The van der Waals surface area contributed by atoms with E-state index in [1.54, 1.807) is 18.2 Å². The Labute approximate surface area is 79.7 Å². The van der Waals surface area contributed by atoms with Crippen LogP contribution >= 0.6 is 0 Å². The zero-order chi connectivity index (χ0) is 9.97. The van der Waals surface area contributed by atoms with Crippen LogP contribution in [0.5, 0.6) is 0 Å². The molecular weight excluding hydrogens is 180 g/mol. The molecule has 0 unspecified atom stereocenters. The molecular formula is C9H8N4O. The third kappa shape index (κ3) is 1.35. The number of nitrogens with zero attached hydrogens (tertiary/aromatic N) is 3. The second-order valence-electron chi connectivity index (χ2n) is 2.72. The van der Waals surface area contributed by atoms with E-state index in [1.807, 2.05) is 12.1 Å². The molecule has 0 fully saturated rings. The second kappa shape index (κ2) is 3.29. The lowest BCUT2D eigenvalue weighted by molar-refractivity contribution is 0.779. The van der Waals surface area contributed by atoms with Gasteiger partial charge in [0.05, 0.1) is 5.69 Å². The summed E-state index contributed by atoms with van der Waals surface area (Å²) < 4.78 is 1.19. The quantitative estimate of drug-likeness (QED) is 0.750. The smallest absolute Gasteiger partial charge is 0.244 e. The van der Waals surface area contributed by atoms with Gasteiger partial charge in [0.15, 0.2) is 0 Å². The molecule has 5 nitrogen and oxygen atoms in total. The first-order valence-electron chi connectivity index (χ1n) is 4.04. The Hall–Kier alpha value is -2.17. The molecule has 0 radical (unpaired) electrons. The average molecular weight is 188 g/mol. The van der Waals surface area contributed by atoms with Gasteiger partial charge in [-0.05, 0) is 28.1 Å². The Bertz CT molecular complexity index is 511. The van der Waals surface area contributed by atoms with Gasteiger partial charge in [-0.25, -0.2) is 9.89 Å². The molecule has 1 aromatic carbocycles. The van der Waals surface area contributed by atoms with Crippen LogP contribution in [0.3, 0.4) is 0 Å². The number of rotatable bonds is 2. The van der Waals surface area contributed by atoms with Crippen LogP contribution in [0, 0.1) is 0 Å². The van der Waals surface area contributed by atoms with E-state index in [1.165, 1.54) is 4.68 Å². The highest BCUT2D eigenvalue weighted by Gasteiger charge is 2.01. The van der Waals surface area contributed by atoms with Crippen LogP contribution in [-0.4, -0.2) is 20.2 Å². The summed E-state index contributed by atoms with van der Waals surface area (Å²) in [5.74, 6) is 0. The van der Waals surface area contributed by atoms with Gasteiger partial charge in [-0.3, -0.25) is 0 Å². The van der Waals surface area contributed by atoms with Crippen molar-refractivity contribution in [2.45, 2.75) is 0 Å². The van der Waals surface area contributed by atoms with E-state index < -0.39 is 0 Å². The minimum atomic E-state index is -0.355. The van der Waals surface area contributed by atoms with E-state index in [0.717, 1.165) is 5.56 Å². The van der Waals surface area contributed by atoms with Gasteiger partial charge < -0.3 is 0 Å². The van der Waals surface area contributed by atoms with Crippen molar-refractivity contribution in [3.05, 3.63) is 46.9 Å². The second-order valence-corrected chi connectivity index (χ2v) is 2.72. The van der Waals surface area contributed by atoms with Crippen molar-refractivity contribution in [1.29, 1.82) is 0 Å². The number of hydrogen-bond acceptors (Lipinski definition) is 3. The van der Waals surface area contributed by atoms with Gasteiger partial charge in [0.25, 0.3) is 0 Å². The molecule has 1 N–H and O–H groups in total. The van der Waals surface area contributed by atoms with Crippen molar-refractivity contribution in [1.82, 2.24) is 20.2 Å². The van der Waals surface area contributed by atoms with Gasteiger partial charge in [-0.1, -0.05) is 24.8 Å². The first-order chi connectivity index (χ1) is 6.81. The normalized spacial score (nSPS) is 10.0. The Kier molecular flexibility index (Phi) is 1.98. The van der Waals surface area contributed by atoms with Crippen molar-refractivity contribution >= 4 is 6.08 Å². The van der Waals surface area contributed by atoms with Gasteiger partial charge in [-0.2, -0.15) is 4.68 Å². The Balaban J connectivity index is 2.57. The summed E-state index contributed by atoms with van der Waals surface area (Å²) in [6, 6.07) is 7.29. The molecule has 1 aromatic heterocycles. The molecule has 5 heteroatoms. The van der Waals surface area contributed by atoms with Gasteiger partial charge in [-0.15, -0.1) is 0 Å². The SMILES string of the molecule is C=Cc1cccc(-n2nn[nH]c2=O)c1. The molecule has 2 rings (SSSR count). The third-order valence-electron chi connectivity index (χ3n) is 1.82. The maximum Gasteiger partial charge on any atom is 0.365 e. The minimum absolute atomic E-state index is 0.355. The summed E-state index contributed by atoms with van der Waals surface area (Å²) in [4.78, 5) is 11.2. The number of benzene rings is 1. The maximum absolute atomic E-state index is 11.2. The third-order valence-corrected chi connectivity index (χ3v) is 1.82. The zero-order valence-electron chi connectivity index (χ0n) is 7.34. The summed E-state index contributed by atoms with van der Waals surface area (Å²) in [5.41, 5.74) is 1.24. The molecule has 1 heterocycles. The van der Waals surface area contributed by atoms with E-state index >= 15 is 0 Å². The molecule has 0 bridgehead atoms. The molecule has 0 saturated heterocycles. The predicted molar refractivity (Wildman–Crippen MR) is 52.1 cm³/mol. The molecule has 70 valence electrons. The lowest BCUT2D eigenvalue weighted by Crippen LogP contribution is -2.15. The maximum atomic E-state index is 11.2. The lowest BCUT2D eigenvalue weighted by atomic mass is 10.2. The van der Waals surface area contributed by atoms with Gasteiger partial charge in [0.2, 0.25) is 0 Å². The first kappa shape index (κ1) is 8.43. The van der Waals surface area contributed by atoms with Crippen LogP contribution in [0.2, 0.25) is 0 Å². The molecule has 0 saturated carbocycles. The number of hydrogen-bond donors (Lipinski definition) is 1. The van der Waals surface area contributed by atoms with Crippen molar-refractivity contribution in [2.75, 3.05) is 0 Å². The number of aromatic nitrogens is 4. The molecule has 0 aliphatic carbocycles. The average Bonchev–Trinajstić information content (AvgIpc) is 2.65. The van der Waals surface area contributed by atoms with E-state index in [-0.39, 0.29) is 5.69 Å². The van der Waals surface area contributed by atoms with Crippen molar-refractivity contribution in [2.24, 2.45) is 0 Å². The molecule has 14 heavy (non-hydrogen) atoms. The molecule has 0 aliphatic rings. The zero-order valence-corrected chi connectivity index (χ0v) is 7.34. The topological polar surface area (TPSA) is 63.6 Å². The standard InChI is InChI=1S/C9H8N4O/c1-2-7-4-3-5-8(6-7)13-9(14)10-11-12-13/h2-6H,1H2,(H,10,12,14). The van der Waals surface area contributed by atoms with Crippen LogP contribution in [0.15, 0.2) is 35.6 Å². The fraction of sp³-hybridized carbons (Fsp3) is 0. The fourth-order valence-corrected chi connectivity index (χ4v) is 1.15. The number of H-pyrrole nitrogens is 1. The number of tetrazole rings is 1. The Morgan fingerprint density at radius 3 is 3.00 bits per heavy atom. The highest BCUT2D eigenvalue weighted by molar-refractivity contribution is 5.51. The minimum Gasteiger partial charge on any atom is -0.244 e. The van der Waals surface area contributed by atoms with Crippen LogP contribution in [-0.2, 0) is 0 Å². The largest absolute Gasteiger partial charge is 0.365 e. The van der Waals surface area contributed by atoms with Crippen molar-refractivity contribution in [3.63, 3.8) is 0 Å².